The third-order valence-corrected chi connectivity index (χ3v) is 3.60. The van der Waals surface area contributed by atoms with Gasteiger partial charge in [-0.3, -0.25) is 0 Å². The molecule has 0 amide bonds. The standard InChI is InChI=1S/C13H13BrO/c14-13(9-5-4-8-12(13)15)10-11-6-2-1-3-7-11/h1-9,12,15H,10H2. The second-order valence-electron chi connectivity index (χ2n) is 3.78. The smallest absolute Gasteiger partial charge is 0.0915 e. The van der Waals surface area contributed by atoms with Crippen LogP contribution in [0, 0.1) is 0 Å². The summed E-state index contributed by atoms with van der Waals surface area (Å²) < 4.78 is -0.358. The zero-order valence-corrected chi connectivity index (χ0v) is 9.89. The SMILES string of the molecule is OC1C=CC=CC1(Br)Cc1ccccc1. The number of benzene rings is 1. The molecule has 0 bridgehead atoms. The highest BCUT2D eigenvalue weighted by atomic mass is 79.9. The van der Waals surface area contributed by atoms with Crippen LogP contribution < -0.4 is 0 Å². The summed E-state index contributed by atoms with van der Waals surface area (Å²) in [6.45, 7) is 0. The second-order valence-corrected chi connectivity index (χ2v) is 5.25. The first-order chi connectivity index (χ1) is 7.21. The normalized spacial score (nSPS) is 29.3. The quantitative estimate of drug-likeness (QED) is 0.815. The van der Waals surface area contributed by atoms with Crippen LogP contribution in [0.4, 0.5) is 0 Å². The Kier molecular flexibility index (Phi) is 3.08. The van der Waals surface area contributed by atoms with Crippen LogP contribution in [0.3, 0.4) is 0 Å². The van der Waals surface area contributed by atoms with Crippen molar-refractivity contribution in [1.82, 2.24) is 0 Å². The van der Waals surface area contributed by atoms with Gasteiger partial charge in [-0.05, 0) is 12.0 Å². The van der Waals surface area contributed by atoms with Crippen LogP contribution in [0.2, 0.25) is 0 Å². The second kappa shape index (κ2) is 4.33. The third kappa shape index (κ3) is 2.39. The van der Waals surface area contributed by atoms with Gasteiger partial charge in [0.2, 0.25) is 0 Å². The van der Waals surface area contributed by atoms with Gasteiger partial charge < -0.3 is 5.11 Å². The van der Waals surface area contributed by atoms with E-state index in [2.05, 4.69) is 28.1 Å². The van der Waals surface area contributed by atoms with Gasteiger partial charge in [-0.1, -0.05) is 70.6 Å². The lowest BCUT2D eigenvalue weighted by Gasteiger charge is -2.29. The van der Waals surface area contributed by atoms with E-state index in [1.54, 1.807) is 6.08 Å². The molecule has 0 saturated carbocycles. The summed E-state index contributed by atoms with van der Waals surface area (Å²) in [4.78, 5) is 0. The van der Waals surface area contributed by atoms with Crippen molar-refractivity contribution in [2.75, 3.05) is 0 Å². The highest BCUT2D eigenvalue weighted by molar-refractivity contribution is 9.10. The van der Waals surface area contributed by atoms with E-state index < -0.39 is 6.10 Å². The molecule has 1 aliphatic carbocycles. The lowest BCUT2D eigenvalue weighted by atomic mass is 9.90. The van der Waals surface area contributed by atoms with Crippen molar-refractivity contribution < 1.29 is 5.11 Å². The summed E-state index contributed by atoms with van der Waals surface area (Å²) in [5.74, 6) is 0. The van der Waals surface area contributed by atoms with E-state index >= 15 is 0 Å². The van der Waals surface area contributed by atoms with E-state index in [1.165, 1.54) is 5.56 Å². The van der Waals surface area contributed by atoms with Gasteiger partial charge in [0.15, 0.2) is 0 Å². The number of aliphatic hydroxyl groups excluding tert-OH is 1. The molecule has 2 rings (SSSR count). The largest absolute Gasteiger partial charge is 0.387 e. The van der Waals surface area contributed by atoms with Gasteiger partial charge in [0.25, 0.3) is 0 Å². The fourth-order valence-electron chi connectivity index (χ4n) is 1.72. The van der Waals surface area contributed by atoms with Crippen LogP contribution in [-0.4, -0.2) is 15.5 Å². The highest BCUT2D eigenvalue weighted by Crippen LogP contribution is 2.32. The molecule has 1 aliphatic rings. The first-order valence-electron chi connectivity index (χ1n) is 4.98. The summed E-state index contributed by atoms with van der Waals surface area (Å²) in [7, 11) is 0. The number of alkyl halides is 1. The minimum Gasteiger partial charge on any atom is -0.387 e. The average Bonchev–Trinajstić information content (AvgIpc) is 2.24. The minimum absolute atomic E-state index is 0.358. The van der Waals surface area contributed by atoms with Crippen LogP contribution in [0.25, 0.3) is 0 Å². The summed E-state index contributed by atoms with van der Waals surface area (Å²) in [5.41, 5.74) is 1.22. The molecule has 2 atom stereocenters. The molecule has 0 saturated heterocycles. The molecule has 0 aromatic heterocycles. The number of hydrogen-bond donors (Lipinski definition) is 1. The van der Waals surface area contributed by atoms with Crippen molar-refractivity contribution >= 4 is 15.9 Å². The third-order valence-electron chi connectivity index (χ3n) is 2.59. The molecule has 0 spiro atoms. The van der Waals surface area contributed by atoms with Crippen molar-refractivity contribution in [3.63, 3.8) is 0 Å². The van der Waals surface area contributed by atoms with E-state index in [9.17, 15) is 5.11 Å². The Morgan fingerprint density at radius 1 is 1.20 bits per heavy atom. The Labute approximate surface area is 98.3 Å². The molecule has 0 heterocycles. The minimum atomic E-state index is -0.470. The van der Waals surface area contributed by atoms with Crippen LogP contribution in [0.1, 0.15) is 5.56 Å². The number of halogens is 1. The van der Waals surface area contributed by atoms with Crippen molar-refractivity contribution in [2.45, 2.75) is 16.8 Å². The van der Waals surface area contributed by atoms with E-state index in [4.69, 9.17) is 0 Å². The van der Waals surface area contributed by atoms with E-state index in [1.807, 2.05) is 36.4 Å². The number of hydrogen-bond acceptors (Lipinski definition) is 1. The topological polar surface area (TPSA) is 20.2 Å². The molecule has 2 heteroatoms. The fraction of sp³-hybridized carbons (Fsp3) is 0.231. The van der Waals surface area contributed by atoms with E-state index in [-0.39, 0.29) is 4.32 Å². The number of allylic oxidation sites excluding steroid dienone is 2. The summed E-state index contributed by atoms with van der Waals surface area (Å²) >= 11 is 3.61. The Balaban J connectivity index is 2.18. The highest BCUT2D eigenvalue weighted by Gasteiger charge is 2.32. The van der Waals surface area contributed by atoms with Gasteiger partial charge in [0, 0.05) is 0 Å². The maximum atomic E-state index is 9.90. The number of aliphatic hydroxyl groups is 1. The summed E-state index contributed by atoms with van der Waals surface area (Å²) in [6, 6.07) is 10.2. The summed E-state index contributed by atoms with van der Waals surface area (Å²) in [6.07, 6.45) is 7.96. The summed E-state index contributed by atoms with van der Waals surface area (Å²) in [5, 5.41) is 9.90. The molecule has 1 nitrogen and oxygen atoms in total. The van der Waals surface area contributed by atoms with Gasteiger partial charge in [-0.15, -0.1) is 0 Å². The fourth-order valence-corrected chi connectivity index (χ4v) is 2.34. The first-order valence-corrected chi connectivity index (χ1v) is 5.77. The van der Waals surface area contributed by atoms with E-state index in [0.29, 0.717) is 0 Å². The predicted molar refractivity (Wildman–Crippen MR) is 66.1 cm³/mol. The zero-order valence-electron chi connectivity index (χ0n) is 8.31. The molecular weight excluding hydrogens is 252 g/mol. The average molecular weight is 265 g/mol. The molecule has 1 aromatic carbocycles. The van der Waals surface area contributed by atoms with Crippen molar-refractivity contribution in [3.05, 3.63) is 60.2 Å². The molecular formula is C13H13BrO. The molecule has 15 heavy (non-hydrogen) atoms. The molecule has 0 fully saturated rings. The molecule has 1 aromatic rings. The van der Waals surface area contributed by atoms with Crippen molar-refractivity contribution in [3.8, 4) is 0 Å². The van der Waals surface area contributed by atoms with Gasteiger partial charge >= 0.3 is 0 Å². The molecule has 0 aliphatic heterocycles. The van der Waals surface area contributed by atoms with Crippen LogP contribution >= 0.6 is 15.9 Å². The monoisotopic (exact) mass is 264 g/mol. The lowest BCUT2D eigenvalue weighted by Crippen LogP contribution is -2.36. The Hall–Kier alpha value is -0.860. The van der Waals surface area contributed by atoms with Gasteiger partial charge in [-0.2, -0.15) is 0 Å². The van der Waals surface area contributed by atoms with Gasteiger partial charge in [0.05, 0.1) is 10.4 Å². The number of rotatable bonds is 2. The Morgan fingerprint density at radius 3 is 2.60 bits per heavy atom. The Bertz CT molecular complexity index is 383. The lowest BCUT2D eigenvalue weighted by molar-refractivity contribution is 0.194. The maximum absolute atomic E-state index is 9.90. The molecule has 1 N–H and O–H groups in total. The van der Waals surface area contributed by atoms with Crippen LogP contribution in [0.15, 0.2) is 54.6 Å². The van der Waals surface area contributed by atoms with Gasteiger partial charge in [0.1, 0.15) is 0 Å². The maximum Gasteiger partial charge on any atom is 0.0915 e. The zero-order chi connectivity index (χ0) is 10.7. The predicted octanol–water partition coefficient (Wildman–Crippen LogP) is 2.85. The Morgan fingerprint density at radius 2 is 1.93 bits per heavy atom. The molecule has 78 valence electrons. The van der Waals surface area contributed by atoms with Crippen molar-refractivity contribution in [1.29, 1.82) is 0 Å². The van der Waals surface area contributed by atoms with Crippen LogP contribution in [-0.2, 0) is 6.42 Å². The van der Waals surface area contributed by atoms with Gasteiger partial charge in [-0.25, -0.2) is 0 Å². The molecule has 2 unspecified atom stereocenters. The van der Waals surface area contributed by atoms with Crippen molar-refractivity contribution in [2.24, 2.45) is 0 Å². The molecule has 0 radical (unpaired) electrons. The van der Waals surface area contributed by atoms with Crippen LogP contribution in [0.5, 0.6) is 0 Å². The van der Waals surface area contributed by atoms with E-state index in [0.717, 1.165) is 6.42 Å². The first kappa shape index (κ1) is 10.7.